The van der Waals surface area contributed by atoms with Crippen LogP contribution in [-0.2, 0) is 0 Å². The Hall–Kier alpha value is -0.120. The lowest BCUT2D eigenvalue weighted by molar-refractivity contribution is 0.230. The molecule has 3 heteroatoms. The molecule has 0 bridgehead atoms. The van der Waals surface area contributed by atoms with Gasteiger partial charge in [-0.05, 0) is 27.4 Å². The normalized spacial score (nSPS) is 29.7. The van der Waals surface area contributed by atoms with Crippen LogP contribution >= 0.6 is 0 Å². The van der Waals surface area contributed by atoms with Crippen molar-refractivity contribution in [3.05, 3.63) is 0 Å². The number of nitrogens with two attached hydrogens (primary N) is 1. The summed E-state index contributed by atoms with van der Waals surface area (Å²) >= 11 is 0. The fraction of sp³-hybridized carbons (Fsp3) is 1.00. The second kappa shape index (κ2) is 3.52. The van der Waals surface area contributed by atoms with Gasteiger partial charge < -0.3 is 10.6 Å². The molecule has 1 aliphatic rings. The van der Waals surface area contributed by atoms with Crippen molar-refractivity contribution < 1.29 is 0 Å². The maximum absolute atomic E-state index is 5.77. The van der Waals surface area contributed by atoms with Crippen molar-refractivity contribution in [3.8, 4) is 0 Å². The fourth-order valence-corrected chi connectivity index (χ4v) is 1.56. The van der Waals surface area contributed by atoms with Gasteiger partial charge >= 0.3 is 0 Å². The summed E-state index contributed by atoms with van der Waals surface area (Å²) in [6.45, 7) is 4.34. The Labute approximate surface area is 69.1 Å². The number of rotatable bonds is 2. The van der Waals surface area contributed by atoms with E-state index in [0.717, 1.165) is 13.1 Å². The Morgan fingerprint density at radius 3 is 2.45 bits per heavy atom. The van der Waals surface area contributed by atoms with Crippen LogP contribution in [0.4, 0.5) is 0 Å². The average molecular weight is 157 g/mol. The van der Waals surface area contributed by atoms with Crippen LogP contribution in [0.2, 0.25) is 0 Å². The molecule has 0 aromatic carbocycles. The van der Waals surface area contributed by atoms with Crippen molar-refractivity contribution in [1.29, 1.82) is 0 Å². The number of hydrogen-bond acceptors (Lipinski definition) is 3. The van der Waals surface area contributed by atoms with E-state index in [0.29, 0.717) is 6.04 Å². The molecule has 66 valence electrons. The lowest BCUT2D eigenvalue weighted by atomic mass is 10.2. The summed E-state index contributed by atoms with van der Waals surface area (Å²) in [5.74, 6) is 0. The third kappa shape index (κ3) is 2.15. The Balaban J connectivity index is 2.35. The van der Waals surface area contributed by atoms with Crippen LogP contribution in [0.25, 0.3) is 0 Å². The summed E-state index contributed by atoms with van der Waals surface area (Å²) in [6, 6.07) is 0.709. The molecule has 1 saturated heterocycles. The molecule has 1 heterocycles. The second-order valence-electron chi connectivity index (χ2n) is 3.64. The van der Waals surface area contributed by atoms with Crippen LogP contribution in [0.5, 0.6) is 0 Å². The molecule has 0 spiro atoms. The van der Waals surface area contributed by atoms with Crippen molar-refractivity contribution in [2.75, 3.05) is 27.2 Å². The Kier molecular flexibility index (Phi) is 2.87. The monoisotopic (exact) mass is 157 g/mol. The second-order valence-corrected chi connectivity index (χ2v) is 3.64. The van der Waals surface area contributed by atoms with E-state index in [2.05, 4.69) is 30.8 Å². The lowest BCUT2D eigenvalue weighted by Crippen LogP contribution is -2.40. The molecule has 0 saturated carbocycles. The van der Waals surface area contributed by atoms with Crippen LogP contribution < -0.4 is 5.73 Å². The number of nitrogens with zero attached hydrogens (tertiary/aromatic N) is 2. The van der Waals surface area contributed by atoms with E-state index < -0.39 is 0 Å². The summed E-state index contributed by atoms with van der Waals surface area (Å²) in [7, 11) is 4.27. The van der Waals surface area contributed by atoms with Gasteiger partial charge in [0.05, 0.1) is 6.17 Å². The molecular formula is C8H19N3. The van der Waals surface area contributed by atoms with Crippen LogP contribution in [0.1, 0.15) is 13.3 Å². The SMILES string of the molecule is CC(N)N1CCC(N(C)C)C1. The molecule has 11 heavy (non-hydrogen) atoms. The molecule has 0 aliphatic carbocycles. The summed E-state index contributed by atoms with van der Waals surface area (Å²) in [6.07, 6.45) is 1.48. The minimum absolute atomic E-state index is 0.222. The van der Waals surface area contributed by atoms with Gasteiger partial charge in [-0.2, -0.15) is 0 Å². The summed E-state index contributed by atoms with van der Waals surface area (Å²) in [4.78, 5) is 4.60. The van der Waals surface area contributed by atoms with Crippen molar-refractivity contribution >= 4 is 0 Å². The number of likely N-dealkylation sites (N-methyl/N-ethyl adjacent to an activating group) is 1. The van der Waals surface area contributed by atoms with E-state index in [1.165, 1.54) is 6.42 Å². The van der Waals surface area contributed by atoms with Gasteiger partial charge in [-0.15, -0.1) is 0 Å². The molecule has 1 rings (SSSR count). The Morgan fingerprint density at radius 2 is 2.18 bits per heavy atom. The average Bonchev–Trinajstić information content (AvgIpc) is 2.33. The van der Waals surface area contributed by atoms with Crippen molar-refractivity contribution in [1.82, 2.24) is 9.80 Å². The van der Waals surface area contributed by atoms with Crippen LogP contribution in [-0.4, -0.2) is 49.2 Å². The van der Waals surface area contributed by atoms with Crippen LogP contribution in [0, 0.1) is 0 Å². The highest BCUT2D eigenvalue weighted by Gasteiger charge is 2.25. The molecule has 3 nitrogen and oxygen atoms in total. The van der Waals surface area contributed by atoms with Gasteiger partial charge in [0.1, 0.15) is 0 Å². The third-order valence-electron chi connectivity index (χ3n) is 2.50. The van der Waals surface area contributed by atoms with Gasteiger partial charge in [0, 0.05) is 19.1 Å². The van der Waals surface area contributed by atoms with E-state index in [4.69, 9.17) is 5.73 Å². The van der Waals surface area contributed by atoms with E-state index in [-0.39, 0.29) is 6.17 Å². The summed E-state index contributed by atoms with van der Waals surface area (Å²) in [5, 5.41) is 0. The molecule has 1 fully saturated rings. The molecule has 1 aliphatic heterocycles. The quantitative estimate of drug-likeness (QED) is 0.609. The minimum Gasteiger partial charge on any atom is -0.316 e. The molecule has 0 radical (unpaired) electrons. The predicted molar refractivity (Wildman–Crippen MR) is 47.3 cm³/mol. The molecule has 0 aromatic heterocycles. The van der Waals surface area contributed by atoms with E-state index in [9.17, 15) is 0 Å². The highest BCUT2D eigenvalue weighted by molar-refractivity contribution is 4.81. The highest BCUT2D eigenvalue weighted by atomic mass is 15.3. The Morgan fingerprint density at radius 1 is 1.55 bits per heavy atom. The predicted octanol–water partition coefficient (Wildman–Crippen LogP) is -0.0730. The van der Waals surface area contributed by atoms with Crippen LogP contribution in [0.15, 0.2) is 0 Å². The molecule has 2 atom stereocenters. The summed E-state index contributed by atoms with van der Waals surface area (Å²) in [5.41, 5.74) is 5.77. The number of hydrogen-bond donors (Lipinski definition) is 1. The zero-order valence-electron chi connectivity index (χ0n) is 7.75. The van der Waals surface area contributed by atoms with Gasteiger partial charge in [0.15, 0.2) is 0 Å². The van der Waals surface area contributed by atoms with Gasteiger partial charge in [-0.3, -0.25) is 4.90 Å². The smallest absolute Gasteiger partial charge is 0.0543 e. The zero-order valence-corrected chi connectivity index (χ0v) is 7.75. The maximum atomic E-state index is 5.77. The zero-order chi connectivity index (χ0) is 8.43. The molecule has 0 aromatic rings. The fourth-order valence-electron chi connectivity index (χ4n) is 1.56. The molecule has 2 unspecified atom stereocenters. The standard InChI is InChI=1S/C8H19N3/c1-7(9)11-5-4-8(6-11)10(2)3/h7-8H,4-6,9H2,1-3H3. The third-order valence-corrected chi connectivity index (χ3v) is 2.50. The summed E-state index contributed by atoms with van der Waals surface area (Å²) < 4.78 is 0. The first-order valence-corrected chi connectivity index (χ1v) is 4.27. The molecule has 0 amide bonds. The largest absolute Gasteiger partial charge is 0.316 e. The van der Waals surface area contributed by atoms with Crippen molar-refractivity contribution in [2.45, 2.75) is 25.6 Å². The van der Waals surface area contributed by atoms with Gasteiger partial charge in [0.2, 0.25) is 0 Å². The van der Waals surface area contributed by atoms with Gasteiger partial charge in [-0.25, -0.2) is 0 Å². The van der Waals surface area contributed by atoms with E-state index in [1.807, 2.05) is 0 Å². The number of likely N-dealkylation sites (tertiary alicyclic amines) is 1. The van der Waals surface area contributed by atoms with Crippen LogP contribution in [0.3, 0.4) is 0 Å². The maximum Gasteiger partial charge on any atom is 0.0543 e. The van der Waals surface area contributed by atoms with Gasteiger partial charge in [-0.1, -0.05) is 0 Å². The minimum atomic E-state index is 0.222. The first-order valence-electron chi connectivity index (χ1n) is 4.27. The topological polar surface area (TPSA) is 32.5 Å². The lowest BCUT2D eigenvalue weighted by Gasteiger charge is -2.22. The van der Waals surface area contributed by atoms with Crippen molar-refractivity contribution in [2.24, 2.45) is 5.73 Å². The molecule has 2 N–H and O–H groups in total. The van der Waals surface area contributed by atoms with E-state index >= 15 is 0 Å². The first-order chi connectivity index (χ1) is 5.11. The Bertz CT molecular complexity index is 109. The van der Waals surface area contributed by atoms with E-state index in [1.54, 1.807) is 0 Å². The molecular weight excluding hydrogens is 138 g/mol. The van der Waals surface area contributed by atoms with Gasteiger partial charge in [0.25, 0.3) is 0 Å². The first kappa shape index (κ1) is 8.97. The van der Waals surface area contributed by atoms with Crippen molar-refractivity contribution in [3.63, 3.8) is 0 Å². The highest BCUT2D eigenvalue weighted by Crippen LogP contribution is 2.13.